The summed E-state index contributed by atoms with van der Waals surface area (Å²) in [5, 5.41) is 8.83. The van der Waals surface area contributed by atoms with Crippen LogP contribution in [0.1, 0.15) is 16.7 Å². The van der Waals surface area contributed by atoms with Gasteiger partial charge in [0.05, 0.1) is 5.56 Å². The Labute approximate surface area is 201 Å². The number of alkyl halides is 3. The van der Waals surface area contributed by atoms with Crippen LogP contribution in [0.15, 0.2) is 66.7 Å². The molecule has 0 aliphatic heterocycles. The molecular formula is C26H26F3NO3S. The summed E-state index contributed by atoms with van der Waals surface area (Å²) in [5.41, 5.74) is 3.68. The van der Waals surface area contributed by atoms with Crippen LogP contribution in [0.4, 0.5) is 18.9 Å². The maximum absolute atomic E-state index is 13.0. The Hall–Kier alpha value is -3.13. The molecule has 0 unspecified atom stereocenters. The van der Waals surface area contributed by atoms with Gasteiger partial charge in [-0.15, -0.1) is 0 Å². The van der Waals surface area contributed by atoms with Gasteiger partial charge in [0.1, 0.15) is 5.75 Å². The predicted molar refractivity (Wildman–Crippen MR) is 131 cm³/mol. The summed E-state index contributed by atoms with van der Waals surface area (Å²) in [6.07, 6.45) is -2.35. The second-order valence-electron chi connectivity index (χ2n) is 7.79. The van der Waals surface area contributed by atoms with Crippen LogP contribution in [0, 0.1) is 6.92 Å². The van der Waals surface area contributed by atoms with Gasteiger partial charge in [0.2, 0.25) is 0 Å². The number of para-hydroxylation sites is 1. The Morgan fingerprint density at radius 1 is 1.06 bits per heavy atom. The molecule has 0 saturated carbocycles. The molecule has 0 amide bonds. The molecule has 0 heterocycles. The third-order valence-corrected chi connectivity index (χ3v) is 5.89. The molecule has 3 aromatic rings. The molecule has 34 heavy (non-hydrogen) atoms. The highest BCUT2D eigenvalue weighted by Gasteiger charge is 2.30. The van der Waals surface area contributed by atoms with Gasteiger partial charge in [-0.2, -0.15) is 24.9 Å². The van der Waals surface area contributed by atoms with Crippen LogP contribution in [0.3, 0.4) is 0 Å². The molecule has 0 atom stereocenters. The molecule has 0 aromatic heterocycles. The van der Waals surface area contributed by atoms with Gasteiger partial charge in [-0.25, -0.2) is 4.79 Å². The fourth-order valence-electron chi connectivity index (χ4n) is 3.65. The summed E-state index contributed by atoms with van der Waals surface area (Å²) >= 11 is 1.71. The Morgan fingerprint density at radius 3 is 2.38 bits per heavy atom. The van der Waals surface area contributed by atoms with Crippen molar-refractivity contribution in [1.29, 1.82) is 0 Å². The number of benzene rings is 3. The van der Waals surface area contributed by atoms with E-state index in [0.717, 1.165) is 46.8 Å². The highest BCUT2D eigenvalue weighted by Crippen LogP contribution is 2.35. The number of carboxylic acid groups (broad SMARTS) is 1. The molecule has 0 aliphatic carbocycles. The Bertz CT molecular complexity index is 1120. The third-order valence-electron chi connectivity index (χ3n) is 5.30. The molecule has 3 rings (SSSR count). The maximum atomic E-state index is 13.0. The molecule has 8 heteroatoms. The van der Waals surface area contributed by atoms with E-state index in [0.29, 0.717) is 17.9 Å². The number of ether oxygens (including phenoxy) is 1. The van der Waals surface area contributed by atoms with E-state index in [2.05, 4.69) is 4.90 Å². The van der Waals surface area contributed by atoms with Crippen molar-refractivity contribution in [3.8, 4) is 16.9 Å². The molecule has 0 spiro atoms. The van der Waals surface area contributed by atoms with Gasteiger partial charge in [-0.05, 0) is 54.1 Å². The SMILES string of the molecule is CSCCN(Cc1ccc(OCC(=O)O)c(C)c1)c1ccccc1-c1ccc(C(F)(F)F)cc1. The first kappa shape index (κ1) is 25.5. The Morgan fingerprint density at radius 2 is 1.76 bits per heavy atom. The van der Waals surface area contributed by atoms with Gasteiger partial charge in [0.15, 0.2) is 6.61 Å². The van der Waals surface area contributed by atoms with Crippen LogP contribution in [0.25, 0.3) is 11.1 Å². The molecule has 0 aliphatic rings. The Kier molecular flexibility index (Phi) is 8.50. The largest absolute Gasteiger partial charge is 0.482 e. The van der Waals surface area contributed by atoms with Crippen LogP contribution in [-0.2, 0) is 17.5 Å². The van der Waals surface area contributed by atoms with Crippen molar-refractivity contribution in [3.63, 3.8) is 0 Å². The number of nitrogens with zero attached hydrogens (tertiary/aromatic N) is 1. The fraction of sp³-hybridized carbons (Fsp3) is 0.269. The first-order valence-corrected chi connectivity index (χ1v) is 12.0. The van der Waals surface area contributed by atoms with Gasteiger partial charge in [0.25, 0.3) is 0 Å². The molecule has 0 fully saturated rings. The average molecular weight is 490 g/mol. The number of carboxylic acids is 1. The number of thioether (sulfide) groups is 1. The van der Waals surface area contributed by atoms with Crippen LogP contribution >= 0.6 is 11.8 Å². The lowest BCUT2D eigenvalue weighted by atomic mass is 10.0. The molecule has 0 radical (unpaired) electrons. The molecule has 3 aromatic carbocycles. The third kappa shape index (κ3) is 6.70. The van der Waals surface area contributed by atoms with Crippen LogP contribution in [0.5, 0.6) is 5.75 Å². The fourth-order valence-corrected chi connectivity index (χ4v) is 4.05. The maximum Gasteiger partial charge on any atom is 0.416 e. The molecule has 4 nitrogen and oxygen atoms in total. The summed E-state index contributed by atoms with van der Waals surface area (Å²) in [7, 11) is 0. The standard InChI is InChI=1S/C26H26F3NO3S/c1-18-15-19(7-12-24(18)33-17-25(31)32)16-30(13-14-34-2)23-6-4-3-5-22(23)20-8-10-21(11-9-20)26(27,28)29/h3-12,15H,13-14,16-17H2,1-2H3,(H,31,32). The number of carbonyl (C=O) groups is 1. The number of aryl methyl sites for hydroxylation is 1. The minimum absolute atomic E-state index is 0.402. The van der Waals surface area contributed by atoms with E-state index in [9.17, 15) is 18.0 Å². The van der Waals surface area contributed by atoms with E-state index < -0.39 is 24.3 Å². The zero-order chi connectivity index (χ0) is 24.7. The summed E-state index contributed by atoms with van der Waals surface area (Å²) in [4.78, 5) is 13.0. The van der Waals surface area contributed by atoms with Gasteiger partial charge in [-0.3, -0.25) is 0 Å². The number of hydrogen-bond acceptors (Lipinski definition) is 4. The van der Waals surface area contributed by atoms with Crippen molar-refractivity contribution >= 4 is 23.4 Å². The average Bonchev–Trinajstić information content (AvgIpc) is 2.80. The lowest BCUT2D eigenvalue weighted by Crippen LogP contribution is -2.26. The number of halogens is 3. The molecular weight excluding hydrogens is 463 g/mol. The van der Waals surface area contributed by atoms with Gasteiger partial charge >= 0.3 is 12.1 Å². The van der Waals surface area contributed by atoms with Gasteiger partial charge in [0, 0.05) is 30.1 Å². The quantitative estimate of drug-likeness (QED) is 0.352. The van der Waals surface area contributed by atoms with E-state index in [1.807, 2.05) is 49.6 Å². The number of rotatable bonds is 10. The van der Waals surface area contributed by atoms with E-state index in [4.69, 9.17) is 9.84 Å². The molecule has 1 N–H and O–H groups in total. The smallest absolute Gasteiger partial charge is 0.416 e. The van der Waals surface area contributed by atoms with Crippen molar-refractivity contribution in [3.05, 3.63) is 83.4 Å². The van der Waals surface area contributed by atoms with Gasteiger partial charge < -0.3 is 14.7 Å². The molecule has 0 bridgehead atoms. The minimum atomic E-state index is -4.37. The van der Waals surface area contributed by atoms with E-state index in [1.54, 1.807) is 17.8 Å². The lowest BCUT2D eigenvalue weighted by Gasteiger charge is -2.28. The number of anilines is 1. The van der Waals surface area contributed by atoms with Crippen molar-refractivity contribution in [2.24, 2.45) is 0 Å². The van der Waals surface area contributed by atoms with E-state index >= 15 is 0 Å². The van der Waals surface area contributed by atoms with Crippen LogP contribution in [0.2, 0.25) is 0 Å². The topological polar surface area (TPSA) is 49.8 Å². The summed E-state index contributed by atoms with van der Waals surface area (Å²) in [6, 6.07) is 18.5. The zero-order valence-electron chi connectivity index (χ0n) is 18.9. The van der Waals surface area contributed by atoms with Crippen molar-refractivity contribution in [2.75, 3.05) is 30.1 Å². The Balaban J connectivity index is 1.90. The van der Waals surface area contributed by atoms with E-state index in [-0.39, 0.29) is 0 Å². The zero-order valence-corrected chi connectivity index (χ0v) is 19.7. The van der Waals surface area contributed by atoms with E-state index in [1.165, 1.54) is 12.1 Å². The van der Waals surface area contributed by atoms with Crippen molar-refractivity contribution in [1.82, 2.24) is 0 Å². The second-order valence-corrected chi connectivity index (χ2v) is 8.77. The van der Waals surface area contributed by atoms with Crippen molar-refractivity contribution in [2.45, 2.75) is 19.6 Å². The first-order valence-electron chi connectivity index (χ1n) is 10.6. The predicted octanol–water partition coefficient (Wildman–Crippen LogP) is 6.51. The number of aliphatic carboxylic acids is 1. The van der Waals surface area contributed by atoms with Crippen LogP contribution < -0.4 is 9.64 Å². The minimum Gasteiger partial charge on any atom is -0.482 e. The monoisotopic (exact) mass is 489 g/mol. The molecule has 180 valence electrons. The van der Waals surface area contributed by atoms with Crippen LogP contribution in [-0.4, -0.2) is 36.2 Å². The summed E-state index contributed by atoms with van der Waals surface area (Å²) in [6.45, 7) is 2.79. The second kappa shape index (κ2) is 11.3. The number of hydrogen-bond donors (Lipinski definition) is 1. The molecule has 0 saturated heterocycles. The summed E-state index contributed by atoms with van der Waals surface area (Å²) < 4.78 is 44.4. The summed E-state index contributed by atoms with van der Waals surface area (Å²) in [5.74, 6) is 0.360. The van der Waals surface area contributed by atoms with Crippen molar-refractivity contribution < 1.29 is 27.8 Å². The van der Waals surface area contributed by atoms with Gasteiger partial charge in [-0.1, -0.05) is 42.5 Å². The highest BCUT2D eigenvalue weighted by atomic mass is 32.2. The normalized spacial score (nSPS) is 11.3. The highest BCUT2D eigenvalue weighted by molar-refractivity contribution is 7.98. The lowest BCUT2D eigenvalue weighted by molar-refractivity contribution is -0.139. The first-order chi connectivity index (χ1) is 16.2.